The second-order valence-corrected chi connectivity index (χ2v) is 5.55. The first-order chi connectivity index (χ1) is 11.6. The van der Waals surface area contributed by atoms with E-state index in [0.29, 0.717) is 0 Å². The highest BCUT2D eigenvalue weighted by Gasteiger charge is 2.14. The monoisotopic (exact) mass is 319 g/mol. The van der Waals surface area contributed by atoms with Crippen LogP contribution >= 0.6 is 0 Å². The van der Waals surface area contributed by atoms with E-state index in [1.807, 2.05) is 67.6 Å². The summed E-state index contributed by atoms with van der Waals surface area (Å²) in [5, 5.41) is 10.9. The molecule has 0 bridgehead atoms. The molecule has 3 rings (SSSR count). The molecule has 0 saturated carbocycles. The molecule has 1 atom stereocenters. The fraction of sp³-hybridized carbons (Fsp3) is 0.100. The number of nitro groups is 1. The molecular weight excluding hydrogens is 302 g/mol. The van der Waals surface area contributed by atoms with Gasteiger partial charge < -0.3 is 4.42 Å². The van der Waals surface area contributed by atoms with E-state index in [1.165, 1.54) is 6.07 Å². The molecular formula is C20H17NO3. The lowest BCUT2D eigenvalue weighted by Gasteiger charge is -2.10. The minimum absolute atomic E-state index is 0.0424. The summed E-state index contributed by atoms with van der Waals surface area (Å²) in [4.78, 5) is 10.5. The van der Waals surface area contributed by atoms with Crippen LogP contribution in [0.1, 0.15) is 28.6 Å². The second kappa shape index (κ2) is 6.96. The highest BCUT2D eigenvalue weighted by Crippen LogP contribution is 2.28. The lowest BCUT2D eigenvalue weighted by molar-refractivity contribution is -0.384. The van der Waals surface area contributed by atoms with Crippen molar-refractivity contribution in [2.24, 2.45) is 0 Å². The summed E-state index contributed by atoms with van der Waals surface area (Å²) in [6, 6.07) is 20.5. The van der Waals surface area contributed by atoms with Gasteiger partial charge in [0, 0.05) is 12.1 Å². The molecule has 1 heterocycles. The zero-order valence-corrected chi connectivity index (χ0v) is 13.3. The van der Waals surface area contributed by atoms with Crippen LogP contribution in [-0.4, -0.2) is 4.92 Å². The molecule has 1 aromatic heterocycles. The van der Waals surface area contributed by atoms with Gasteiger partial charge in [-0.05, 0) is 30.2 Å². The Morgan fingerprint density at radius 1 is 1.04 bits per heavy atom. The van der Waals surface area contributed by atoms with Gasteiger partial charge in [-0.2, -0.15) is 0 Å². The molecule has 0 aliphatic carbocycles. The van der Waals surface area contributed by atoms with Gasteiger partial charge in [0.2, 0.25) is 0 Å². The van der Waals surface area contributed by atoms with E-state index < -0.39 is 0 Å². The van der Waals surface area contributed by atoms with Gasteiger partial charge in [-0.3, -0.25) is 10.1 Å². The lowest BCUT2D eigenvalue weighted by atomic mass is 9.95. The Labute approximate surface area is 140 Å². The number of hydrogen-bond acceptors (Lipinski definition) is 3. The molecule has 24 heavy (non-hydrogen) atoms. The van der Waals surface area contributed by atoms with Crippen LogP contribution in [0.4, 0.5) is 5.69 Å². The van der Waals surface area contributed by atoms with Gasteiger partial charge >= 0.3 is 0 Å². The molecule has 0 aliphatic rings. The quantitative estimate of drug-likeness (QED) is 0.471. The third-order valence-electron chi connectivity index (χ3n) is 3.79. The first-order valence-corrected chi connectivity index (χ1v) is 7.67. The van der Waals surface area contributed by atoms with Gasteiger partial charge in [0.15, 0.2) is 0 Å². The van der Waals surface area contributed by atoms with E-state index in [1.54, 1.807) is 12.1 Å². The van der Waals surface area contributed by atoms with Gasteiger partial charge in [-0.15, -0.1) is 0 Å². The van der Waals surface area contributed by atoms with Crippen molar-refractivity contribution in [1.29, 1.82) is 0 Å². The number of nitro benzene ring substituents is 1. The first kappa shape index (κ1) is 15.7. The van der Waals surface area contributed by atoms with Crippen LogP contribution in [0, 0.1) is 17.0 Å². The van der Waals surface area contributed by atoms with E-state index >= 15 is 0 Å². The molecule has 0 radical (unpaired) electrons. The molecule has 2 aromatic carbocycles. The van der Waals surface area contributed by atoms with Crippen LogP contribution in [0.5, 0.6) is 0 Å². The number of allylic oxidation sites excluding steroid dienone is 1. The van der Waals surface area contributed by atoms with Crippen molar-refractivity contribution in [3.63, 3.8) is 0 Å². The molecule has 4 nitrogen and oxygen atoms in total. The fourth-order valence-corrected chi connectivity index (χ4v) is 2.60. The summed E-state index contributed by atoms with van der Waals surface area (Å²) in [7, 11) is 0. The molecule has 0 amide bonds. The van der Waals surface area contributed by atoms with Crippen LogP contribution < -0.4 is 0 Å². The van der Waals surface area contributed by atoms with Crippen molar-refractivity contribution >= 4 is 11.8 Å². The van der Waals surface area contributed by atoms with Crippen LogP contribution in [-0.2, 0) is 0 Å². The van der Waals surface area contributed by atoms with Crippen LogP contribution in [0.25, 0.3) is 6.08 Å². The predicted molar refractivity (Wildman–Crippen MR) is 93.9 cm³/mol. The third-order valence-corrected chi connectivity index (χ3v) is 3.79. The number of rotatable bonds is 5. The second-order valence-electron chi connectivity index (χ2n) is 5.55. The Kier molecular flexibility index (Phi) is 4.57. The first-order valence-electron chi connectivity index (χ1n) is 7.67. The highest BCUT2D eigenvalue weighted by atomic mass is 16.6. The zero-order valence-electron chi connectivity index (χ0n) is 13.3. The summed E-state index contributed by atoms with van der Waals surface area (Å²) in [5.74, 6) is 1.66. The zero-order chi connectivity index (χ0) is 16.9. The Bertz CT molecular complexity index is 865. The van der Waals surface area contributed by atoms with E-state index in [-0.39, 0.29) is 16.5 Å². The van der Waals surface area contributed by atoms with Gasteiger partial charge in [-0.1, -0.05) is 54.6 Å². The van der Waals surface area contributed by atoms with E-state index in [9.17, 15) is 10.1 Å². The average Bonchev–Trinajstić information content (AvgIpc) is 3.02. The molecule has 0 saturated heterocycles. The predicted octanol–water partition coefficient (Wildman–Crippen LogP) is 5.34. The van der Waals surface area contributed by atoms with Crippen LogP contribution in [0.15, 0.2) is 77.2 Å². The fourth-order valence-electron chi connectivity index (χ4n) is 2.60. The average molecular weight is 319 g/mol. The van der Waals surface area contributed by atoms with E-state index in [2.05, 4.69) is 0 Å². The van der Waals surface area contributed by atoms with E-state index in [0.717, 1.165) is 22.6 Å². The molecule has 0 spiro atoms. The number of aryl methyl sites for hydroxylation is 1. The highest BCUT2D eigenvalue weighted by molar-refractivity contribution is 5.55. The molecule has 120 valence electrons. The van der Waals surface area contributed by atoms with Gasteiger partial charge in [0.1, 0.15) is 11.5 Å². The maximum absolute atomic E-state index is 10.9. The van der Waals surface area contributed by atoms with Gasteiger partial charge in [0.05, 0.1) is 10.8 Å². The van der Waals surface area contributed by atoms with Crippen molar-refractivity contribution in [3.8, 4) is 0 Å². The van der Waals surface area contributed by atoms with Crippen molar-refractivity contribution in [2.75, 3.05) is 0 Å². The summed E-state index contributed by atoms with van der Waals surface area (Å²) in [5.41, 5.74) is 1.98. The number of furan rings is 1. The minimum Gasteiger partial charge on any atom is -0.465 e. The SMILES string of the molecule is Cc1ccc(C(/C=C/c2cccc([N+](=O)[O-])c2)c2ccccc2)o1. The van der Waals surface area contributed by atoms with Crippen LogP contribution in [0.3, 0.4) is 0 Å². The molecule has 1 unspecified atom stereocenters. The Morgan fingerprint density at radius 2 is 1.83 bits per heavy atom. The van der Waals surface area contributed by atoms with Gasteiger partial charge in [-0.25, -0.2) is 0 Å². The Hall–Kier alpha value is -3.14. The van der Waals surface area contributed by atoms with Gasteiger partial charge in [0.25, 0.3) is 5.69 Å². The minimum atomic E-state index is -0.387. The molecule has 0 fully saturated rings. The topological polar surface area (TPSA) is 56.3 Å². The number of nitrogens with zero attached hydrogens (tertiary/aromatic N) is 1. The summed E-state index contributed by atoms with van der Waals surface area (Å²) in [6.45, 7) is 1.91. The smallest absolute Gasteiger partial charge is 0.270 e. The Morgan fingerprint density at radius 3 is 2.50 bits per heavy atom. The number of benzene rings is 2. The standard InChI is InChI=1S/C20H17NO3/c1-15-10-13-20(24-15)19(17-7-3-2-4-8-17)12-11-16-6-5-9-18(14-16)21(22)23/h2-14,19H,1H3/b12-11+. The molecule has 0 aliphatic heterocycles. The maximum atomic E-state index is 10.9. The summed E-state index contributed by atoms with van der Waals surface area (Å²) in [6.07, 6.45) is 3.90. The molecule has 0 N–H and O–H groups in total. The summed E-state index contributed by atoms with van der Waals surface area (Å²) < 4.78 is 5.79. The van der Waals surface area contributed by atoms with E-state index in [4.69, 9.17) is 4.42 Å². The molecule has 3 aromatic rings. The van der Waals surface area contributed by atoms with Crippen molar-refractivity contribution in [1.82, 2.24) is 0 Å². The summed E-state index contributed by atoms with van der Waals surface area (Å²) >= 11 is 0. The normalized spacial score (nSPS) is 12.4. The number of non-ortho nitro benzene ring substituents is 1. The van der Waals surface area contributed by atoms with Crippen LogP contribution in [0.2, 0.25) is 0 Å². The van der Waals surface area contributed by atoms with Crippen molar-refractivity contribution in [2.45, 2.75) is 12.8 Å². The molecule has 4 heteroatoms. The number of hydrogen-bond donors (Lipinski definition) is 0. The largest absolute Gasteiger partial charge is 0.465 e. The maximum Gasteiger partial charge on any atom is 0.270 e. The van der Waals surface area contributed by atoms with Crippen molar-refractivity contribution < 1.29 is 9.34 Å². The third kappa shape index (κ3) is 3.60. The van der Waals surface area contributed by atoms with Crippen molar-refractivity contribution in [3.05, 3.63) is 106 Å². The lowest BCUT2D eigenvalue weighted by Crippen LogP contribution is -1.96. The Balaban J connectivity index is 1.95.